The molecule has 0 rings (SSSR count). The summed E-state index contributed by atoms with van der Waals surface area (Å²) in [5, 5.41) is 25.3. The van der Waals surface area contributed by atoms with E-state index in [1.807, 2.05) is 13.8 Å². The van der Waals surface area contributed by atoms with Gasteiger partial charge in [-0.05, 0) is 19.3 Å². The third kappa shape index (κ3) is 9.13. The quantitative estimate of drug-likeness (QED) is 0.213. The number of hydrogen-bond acceptors (Lipinski definition) is 7. The van der Waals surface area contributed by atoms with Gasteiger partial charge in [-0.1, -0.05) is 13.8 Å². The maximum Gasteiger partial charge on any atom is 0.245 e. The average molecular weight is 360 g/mol. The number of aliphatic hydroxyl groups excluding tert-OH is 2. The van der Waals surface area contributed by atoms with Gasteiger partial charge in [-0.25, -0.2) is 0 Å². The van der Waals surface area contributed by atoms with Crippen molar-refractivity contribution in [3.05, 3.63) is 0 Å². The number of nitrogens with two attached hydrogens (primary N) is 1. The van der Waals surface area contributed by atoms with Gasteiger partial charge in [0.05, 0.1) is 25.3 Å². The number of carbonyl (C=O) groups excluding carboxylic acids is 4. The number of rotatable bonds is 11. The first kappa shape index (κ1) is 23.0. The Hall–Kier alpha value is -2.04. The van der Waals surface area contributed by atoms with Gasteiger partial charge in [0.1, 0.15) is 18.4 Å². The van der Waals surface area contributed by atoms with Crippen LogP contribution in [0.5, 0.6) is 0 Å². The average Bonchev–Trinajstić information content (AvgIpc) is 2.53. The Morgan fingerprint density at radius 3 is 2.16 bits per heavy atom. The van der Waals surface area contributed by atoms with Crippen molar-refractivity contribution in [3.63, 3.8) is 0 Å². The Morgan fingerprint density at radius 1 is 1.12 bits per heavy atom. The molecule has 0 aromatic carbocycles. The summed E-state index contributed by atoms with van der Waals surface area (Å²) in [5.74, 6) is -1.88. The van der Waals surface area contributed by atoms with E-state index < -0.39 is 55.1 Å². The van der Waals surface area contributed by atoms with Crippen molar-refractivity contribution in [3.8, 4) is 0 Å². The minimum Gasteiger partial charge on any atom is -0.394 e. The van der Waals surface area contributed by atoms with Gasteiger partial charge >= 0.3 is 0 Å². The van der Waals surface area contributed by atoms with E-state index in [4.69, 9.17) is 10.8 Å². The third-order valence-electron chi connectivity index (χ3n) is 3.26. The van der Waals surface area contributed by atoms with Crippen molar-refractivity contribution in [1.29, 1.82) is 0 Å². The molecule has 4 atom stereocenters. The summed E-state index contributed by atoms with van der Waals surface area (Å²) in [7, 11) is 0. The Kier molecular flexibility index (Phi) is 10.6. The molecule has 0 aromatic rings. The standard InChI is InChI=1S/C15H28N4O6/c1-8(2)4-11(16)14(24)19-13(9(3)22)15(25)17-5-12(23)18-10(6-20)7-21/h6,8-11,13,21-22H,4-5,7,16H2,1-3H3,(H,17,25)(H,18,23)(H,19,24)/t9-,10+,11-,13-/m0/s1. The number of aliphatic hydroxyl groups is 2. The summed E-state index contributed by atoms with van der Waals surface area (Å²) in [6, 6.07) is -3.17. The van der Waals surface area contributed by atoms with Crippen molar-refractivity contribution >= 4 is 24.0 Å². The van der Waals surface area contributed by atoms with E-state index in [1.54, 1.807) is 0 Å². The van der Waals surface area contributed by atoms with Gasteiger partial charge in [-0.15, -0.1) is 0 Å². The molecule has 0 heterocycles. The molecule has 0 saturated carbocycles. The molecule has 0 bridgehead atoms. The zero-order valence-corrected chi connectivity index (χ0v) is 14.7. The Balaban J connectivity index is 4.62. The summed E-state index contributed by atoms with van der Waals surface area (Å²) >= 11 is 0. The molecular weight excluding hydrogens is 332 g/mol. The zero-order valence-electron chi connectivity index (χ0n) is 14.7. The number of hydrogen-bond donors (Lipinski definition) is 6. The van der Waals surface area contributed by atoms with E-state index in [0.717, 1.165) is 0 Å². The van der Waals surface area contributed by atoms with E-state index in [2.05, 4.69) is 16.0 Å². The Labute approximate surface area is 146 Å². The first-order chi connectivity index (χ1) is 11.6. The highest BCUT2D eigenvalue weighted by Crippen LogP contribution is 2.03. The predicted octanol–water partition coefficient (Wildman–Crippen LogP) is -2.98. The monoisotopic (exact) mass is 360 g/mol. The number of aldehydes is 1. The molecule has 0 radical (unpaired) electrons. The van der Waals surface area contributed by atoms with Crippen LogP contribution in [0.4, 0.5) is 0 Å². The van der Waals surface area contributed by atoms with Gasteiger partial charge in [0.2, 0.25) is 17.7 Å². The van der Waals surface area contributed by atoms with Crippen LogP contribution in [0.1, 0.15) is 27.2 Å². The fourth-order valence-electron chi connectivity index (χ4n) is 1.94. The van der Waals surface area contributed by atoms with E-state index in [-0.39, 0.29) is 5.92 Å². The molecule has 0 saturated heterocycles. The van der Waals surface area contributed by atoms with Crippen LogP contribution >= 0.6 is 0 Å². The van der Waals surface area contributed by atoms with Crippen LogP contribution in [0.2, 0.25) is 0 Å². The van der Waals surface area contributed by atoms with E-state index in [9.17, 15) is 24.3 Å². The number of nitrogens with one attached hydrogen (secondary N) is 3. The van der Waals surface area contributed by atoms with Crippen LogP contribution in [-0.2, 0) is 19.2 Å². The topological polar surface area (TPSA) is 171 Å². The highest BCUT2D eigenvalue weighted by molar-refractivity contribution is 5.92. The summed E-state index contributed by atoms with van der Waals surface area (Å²) in [6.07, 6.45) is -0.441. The Morgan fingerprint density at radius 2 is 1.72 bits per heavy atom. The van der Waals surface area contributed by atoms with Gasteiger partial charge < -0.3 is 36.7 Å². The zero-order chi connectivity index (χ0) is 19.6. The molecular formula is C15H28N4O6. The number of amides is 3. The van der Waals surface area contributed by atoms with Crippen molar-refractivity contribution in [1.82, 2.24) is 16.0 Å². The molecule has 0 aliphatic rings. The van der Waals surface area contributed by atoms with Crippen molar-refractivity contribution in [2.75, 3.05) is 13.2 Å². The van der Waals surface area contributed by atoms with Crippen molar-refractivity contribution in [2.45, 2.75) is 51.4 Å². The van der Waals surface area contributed by atoms with Crippen molar-refractivity contribution < 1.29 is 29.4 Å². The lowest BCUT2D eigenvalue weighted by Gasteiger charge is -2.23. The van der Waals surface area contributed by atoms with Gasteiger partial charge in [-0.3, -0.25) is 14.4 Å². The summed E-state index contributed by atoms with van der Waals surface area (Å²) < 4.78 is 0. The maximum atomic E-state index is 12.1. The first-order valence-corrected chi connectivity index (χ1v) is 7.99. The van der Waals surface area contributed by atoms with Gasteiger partial charge in [0.25, 0.3) is 0 Å². The van der Waals surface area contributed by atoms with E-state index in [1.165, 1.54) is 6.92 Å². The first-order valence-electron chi connectivity index (χ1n) is 7.99. The van der Waals surface area contributed by atoms with Crippen LogP contribution in [-0.4, -0.2) is 71.6 Å². The van der Waals surface area contributed by atoms with Gasteiger partial charge in [0, 0.05) is 0 Å². The van der Waals surface area contributed by atoms with E-state index in [0.29, 0.717) is 12.7 Å². The van der Waals surface area contributed by atoms with E-state index >= 15 is 0 Å². The van der Waals surface area contributed by atoms with Crippen molar-refractivity contribution in [2.24, 2.45) is 11.7 Å². The molecule has 10 nitrogen and oxygen atoms in total. The molecule has 10 heteroatoms. The third-order valence-corrected chi connectivity index (χ3v) is 3.26. The van der Waals surface area contributed by atoms with Crippen LogP contribution in [0.3, 0.4) is 0 Å². The van der Waals surface area contributed by atoms with Crippen LogP contribution in [0, 0.1) is 5.92 Å². The largest absolute Gasteiger partial charge is 0.394 e. The van der Waals surface area contributed by atoms with Crippen LogP contribution < -0.4 is 21.7 Å². The van der Waals surface area contributed by atoms with Gasteiger partial charge in [-0.2, -0.15) is 0 Å². The SMILES string of the molecule is CC(C)C[C@H](N)C(=O)N[C@H](C(=O)NCC(=O)N[C@H](C=O)CO)[C@H](C)O. The highest BCUT2D eigenvalue weighted by atomic mass is 16.3. The second-order valence-electron chi connectivity index (χ2n) is 6.17. The summed E-state index contributed by atoms with van der Waals surface area (Å²) in [4.78, 5) is 46.1. The minimum atomic E-state index is -1.28. The summed E-state index contributed by atoms with van der Waals surface area (Å²) in [6.45, 7) is 4.05. The smallest absolute Gasteiger partial charge is 0.245 e. The second-order valence-corrected chi connectivity index (χ2v) is 6.17. The lowest BCUT2D eigenvalue weighted by atomic mass is 10.0. The van der Waals surface area contributed by atoms with Crippen LogP contribution in [0.25, 0.3) is 0 Å². The lowest BCUT2D eigenvalue weighted by molar-refractivity contribution is -0.133. The lowest BCUT2D eigenvalue weighted by Crippen LogP contribution is -2.57. The normalized spacial score (nSPS) is 15.6. The van der Waals surface area contributed by atoms with Gasteiger partial charge in [0.15, 0.2) is 0 Å². The molecule has 0 aromatic heterocycles. The molecule has 3 amide bonds. The minimum absolute atomic E-state index is 0.181. The fourth-order valence-corrected chi connectivity index (χ4v) is 1.94. The molecule has 25 heavy (non-hydrogen) atoms. The van der Waals surface area contributed by atoms with Crippen LogP contribution in [0.15, 0.2) is 0 Å². The molecule has 144 valence electrons. The predicted molar refractivity (Wildman–Crippen MR) is 89.1 cm³/mol. The molecule has 0 unspecified atom stereocenters. The summed E-state index contributed by atoms with van der Waals surface area (Å²) in [5.41, 5.74) is 5.73. The number of carbonyl (C=O) groups is 4. The molecule has 7 N–H and O–H groups in total. The Bertz CT molecular complexity index is 469. The molecule has 0 spiro atoms. The fraction of sp³-hybridized carbons (Fsp3) is 0.733. The second kappa shape index (κ2) is 11.5. The molecule has 0 aliphatic carbocycles. The molecule has 0 fully saturated rings. The molecule has 0 aliphatic heterocycles. The highest BCUT2D eigenvalue weighted by Gasteiger charge is 2.28. The maximum absolute atomic E-state index is 12.1.